The number of ether oxygens (including phenoxy) is 3. The van der Waals surface area contributed by atoms with Crippen LogP contribution in [0.25, 0.3) is 23.8 Å². The molecule has 0 spiro atoms. The van der Waals surface area contributed by atoms with Crippen LogP contribution in [0.15, 0.2) is 34.9 Å². The van der Waals surface area contributed by atoms with Gasteiger partial charge >= 0.3 is 29.9 Å². The number of carboxylic acids is 2. The summed E-state index contributed by atoms with van der Waals surface area (Å²) in [5.41, 5.74) is 20.7. The molecule has 14 aliphatic carbocycles. The molecule has 24 heteroatoms. The fourth-order valence-corrected chi connectivity index (χ4v) is 31.5. The van der Waals surface area contributed by atoms with Gasteiger partial charge in [-0.25, -0.2) is 9.59 Å². The number of aliphatic hydroxyl groups is 1. The number of hydrogen-bond acceptors (Lipinski definition) is 10. The van der Waals surface area contributed by atoms with Crippen molar-refractivity contribution in [2.45, 2.75) is 462 Å². The van der Waals surface area contributed by atoms with E-state index in [9.17, 15) is 43.8 Å². The Morgan fingerprint density at radius 1 is 0.419 bits per heavy atom. The third kappa shape index (κ3) is 30.6. The fourth-order valence-electron chi connectivity index (χ4n) is 31.5. The van der Waals surface area contributed by atoms with Gasteiger partial charge in [0, 0.05) is 95.7 Å². The zero-order valence-electron chi connectivity index (χ0n) is 87.9. The van der Waals surface area contributed by atoms with E-state index in [1.54, 1.807) is 12.5 Å². The molecule has 20 N–H and O–H groups in total. The van der Waals surface area contributed by atoms with Crippen LogP contribution in [0.5, 0.6) is 0 Å². The van der Waals surface area contributed by atoms with Gasteiger partial charge in [0.05, 0.1) is 50.7 Å². The number of aliphatic hydroxyl groups excluding tert-OH is 1. The molecular formula is C112H199N8O13Pt3-. The standard InChI is InChI=1S/C37H59NO5.C35H57NO5.C34H58O3.C6H12N2.2H3N.2H2N.3Pt/c1-24(2)9-6-10-25(3)29-14-15-30-28-13-12-26-23-27(16-20-35(26,4)31(28)17-21-36(29,30)5)43-34(42)38-22-7-11-32(39)37(33(40)41)18-8-19-37;1-23(2)8-6-9-24(3)29-14-15-30-28-13-11-25-22-27(17-19-34(25,4)31(28)18-20-35(29,30)5)41-33(40)36-21-7-10-26(37)12-16-32(38)39;1-23(2)9-7-10-24(3)30-14-15-31-29-13-12-26-22-28(37-20-8-11-27(36)21-25(4)35)16-18-33(26,5)32(29)17-19-34(30,31)6;7-5-3-1-2-4-6(5)8;;;;;;;/h12,24-25,27-31H,6-11,13-23H2,1-5H3,(H,38,42)(H,40,41);11,23-24,27-31H,6-10,12-22H2,1-5H3,(H,36,40)(H,38,39);12,23-25,28-32,35H,7-11,13-22H2,1-6H3;5-8H,1-4H2;2*1H3;2*1H2;;;/q;;;-2;;;2*-1;;;/p+3/t25-,27+,28?,29-,30?,31?,35+,36-;24-,27+,28+,29-,30+,31+,34+,35-;24-,25?,28+,29?,30-,31?,32?,33+,34-;5-,6-;;;;;;;/m1111......./s1. The van der Waals surface area contributed by atoms with Crippen LogP contribution in [0.1, 0.15) is 425 Å². The minimum atomic E-state index is -1.07. The van der Waals surface area contributed by atoms with Crippen molar-refractivity contribution in [3.63, 3.8) is 0 Å². The molecule has 0 aliphatic heterocycles. The van der Waals surface area contributed by atoms with Gasteiger partial charge in [-0.05, 0) is 326 Å². The molecule has 21 nitrogen and oxygen atoms in total. The maximum atomic E-state index is 12.6. The summed E-state index contributed by atoms with van der Waals surface area (Å²) in [5, 5.41) is 33.3. The van der Waals surface area contributed by atoms with Crippen LogP contribution in [0.2, 0.25) is 0 Å². The summed E-state index contributed by atoms with van der Waals surface area (Å²) < 4.78 is 18.0. The smallest absolute Gasteiger partial charge is 0.407 e. The first kappa shape index (κ1) is 126. The van der Waals surface area contributed by atoms with Crippen LogP contribution in [-0.4, -0.2) is 127 Å². The van der Waals surface area contributed by atoms with Crippen LogP contribution in [-0.2, 0) is 87.0 Å². The van der Waals surface area contributed by atoms with Crippen molar-refractivity contribution in [1.29, 1.82) is 0 Å². The number of aliphatic carboxylic acids is 2. The van der Waals surface area contributed by atoms with Gasteiger partial charge in [0.25, 0.3) is 11.6 Å². The molecule has 0 aromatic rings. The number of carboxylic acid groups (broad SMARTS) is 2. The molecule has 11 saturated carbocycles. The number of amides is 2. The number of carbonyl (C=O) groups is 4. The van der Waals surface area contributed by atoms with E-state index in [1.165, 1.54) is 191 Å². The fraction of sp³-hybridized carbons (Fsp3) is 0.884. The molecule has 0 radical (unpaired) electrons. The molecule has 7 unspecified atom stereocenters. The molecule has 0 saturated heterocycles. The van der Waals surface area contributed by atoms with Gasteiger partial charge in [0.1, 0.15) is 12.2 Å². The Balaban J connectivity index is 0.000000399. The third-order valence-corrected chi connectivity index (χ3v) is 39.2. The quantitative estimate of drug-likeness (QED) is 0.0132. The average molecular weight is 2450 g/mol. The maximum Gasteiger partial charge on any atom is 0.407 e. The molecule has 136 heavy (non-hydrogen) atoms. The predicted molar refractivity (Wildman–Crippen MR) is 546 cm³/mol. The Labute approximate surface area is 868 Å². The van der Waals surface area contributed by atoms with E-state index in [0.29, 0.717) is 105 Å². The second-order valence-electron chi connectivity index (χ2n) is 48.6. The molecule has 0 heterocycles. The molecule has 0 aromatic heterocycles. The topological polar surface area (TPSA) is 430 Å². The van der Waals surface area contributed by atoms with E-state index < -0.39 is 29.6 Å². The Morgan fingerprint density at radius 2 is 0.772 bits per heavy atom. The van der Waals surface area contributed by atoms with Gasteiger partial charge in [-0.3, -0.25) is 24.0 Å². The number of fused-ring (bicyclic) bond motifs is 15. The normalized spacial score (nSPS) is 35.1. The summed E-state index contributed by atoms with van der Waals surface area (Å²) in [6.07, 6.45) is 59.0. The molecule has 11 fully saturated rings. The van der Waals surface area contributed by atoms with E-state index in [-0.39, 0.29) is 153 Å². The summed E-state index contributed by atoms with van der Waals surface area (Å²) in [5.74, 6) is 14.0. The SMILES string of the molecule is CC(C)CCC[C@@H](C)[C@H]1CCC2C3CC=C4C[C@@H](OC(=O)NCCCC(=[OH+])C5(C(=O)O)CCC5)CC[C@]4(C)C3CC[C@@]21C.CC(C)CCC[C@@H](C)[C@H]1CCC2C3CC=C4C[C@@H](OCCCC(=[OH+])CC(C)O)CC[C@]4(C)C3CC[C@@]21C.CC(C)CCC[C@@H](C)[C@H]1CC[C@H]2[C@@H]3CC=C4C[C@@H](OC(=O)NCCCC(=[OH+])CCC(=O)O)CC[C@]4(C)[C@H]3CC[C@]12C.N.N.[NH-][C@@H]1CCCC[C@H]1[NH-].[NH2-].[NH2-].[Pt].[Pt].[Pt]. The summed E-state index contributed by atoms with van der Waals surface area (Å²) in [6, 6.07) is -0.160. The van der Waals surface area contributed by atoms with E-state index >= 15 is 0 Å². The van der Waals surface area contributed by atoms with Gasteiger partial charge in [-0.1, -0.05) is 222 Å². The van der Waals surface area contributed by atoms with Gasteiger partial charge in [-0.15, -0.1) is 0 Å². The van der Waals surface area contributed by atoms with Crippen LogP contribution in [0.4, 0.5) is 9.59 Å². The Bertz CT molecular complexity index is 3790. The van der Waals surface area contributed by atoms with Crippen LogP contribution in [0, 0.1) is 144 Å². The van der Waals surface area contributed by atoms with E-state index in [4.69, 9.17) is 30.8 Å². The molecule has 27 atom stereocenters. The Hall–Kier alpha value is -2.55. The zero-order chi connectivity index (χ0) is 93.6. The van der Waals surface area contributed by atoms with E-state index in [2.05, 4.69) is 133 Å². The molecular weight excluding hydrogens is 2250 g/mol. The van der Waals surface area contributed by atoms with Gasteiger partial charge in [0.2, 0.25) is 0 Å². The first-order chi connectivity index (χ1) is 61.2. The number of hydrogen-bond donors (Lipinski definition) is 7. The Morgan fingerprint density at radius 3 is 1.10 bits per heavy atom. The summed E-state index contributed by atoms with van der Waals surface area (Å²) >= 11 is 0. The van der Waals surface area contributed by atoms with Crippen molar-refractivity contribution in [3.05, 3.63) is 58.7 Å². The predicted octanol–water partition coefficient (Wildman–Crippen LogP) is 29.7. The van der Waals surface area contributed by atoms with Crippen molar-refractivity contribution in [1.82, 2.24) is 22.9 Å². The van der Waals surface area contributed by atoms with E-state index in [0.717, 1.165) is 177 Å². The number of alkyl carbamates (subject to hydrolysis) is 2. The number of nitrogens with two attached hydrogens (primary N) is 2. The zero-order valence-corrected chi connectivity index (χ0v) is 94.7. The third-order valence-electron chi connectivity index (χ3n) is 39.2. The molecule has 0 bridgehead atoms. The van der Waals surface area contributed by atoms with Crippen LogP contribution in [0.3, 0.4) is 0 Å². The van der Waals surface area contributed by atoms with Crippen molar-refractivity contribution in [2.75, 3.05) is 19.7 Å². The molecule has 14 rings (SSSR count). The van der Waals surface area contributed by atoms with Crippen molar-refractivity contribution < 1.29 is 126 Å². The number of ketones is 3. The number of allylic oxidation sites excluding steroid dienone is 3. The molecule has 14 aliphatic rings. The maximum absolute atomic E-state index is 12.6. The second-order valence-corrected chi connectivity index (χ2v) is 48.6. The second kappa shape index (κ2) is 56.4. The number of carbonyl (C=O) groups excluding carboxylic acids is 5. The van der Waals surface area contributed by atoms with Gasteiger partial charge < -0.3 is 76.2 Å². The number of rotatable bonds is 37. The van der Waals surface area contributed by atoms with Gasteiger partial charge in [-0.2, -0.15) is 12.1 Å². The minimum absolute atomic E-state index is 0. The monoisotopic (exact) mass is 2450 g/mol. The summed E-state index contributed by atoms with van der Waals surface area (Å²) in [6.45, 7) is 40.7. The van der Waals surface area contributed by atoms with Crippen molar-refractivity contribution in [3.8, 4) is 0 Å². The Kier molecular flexibility index (Phi) is 52.1. The minimum Gasteiger partial charge on any atom is -0.693 e. The molecule has 796 valence electrons. The number of nitrogens with one attached hydrogen (secondary N) is 4. The first-order valence-electron chi connectivity index (χ1n) is 54.0. The van der Waals surface area contributed by atoms with Crippen molar-refractivity contribution >= 4 is 41.5 Å². The first-order valence-corrected chi connectivity index (χ1v) is 54.0. The van der Waals surface area contributed by atoms with Crippen molar-refractivity contribution in [2.24, 2.45) is 144 Å². The van der Waals surface area contributed by atoms with Crippen LogP contribution < -0.4 is 22.9 Å². The largest absolute Gasteiger partial charge is 0.693 e. The summed E-state index contributed by atoms with van der Waals surface area (Å²) in [4.78, 5) is 77.4. The van der Waals surface area contributed by atoms with Crippen LogP contribution >= 0.6 is 0 Å². The molecule has 0 aromatic carbocycles. The average Bonchev–Trinajstić information content (AvgIpc) is 1.06. The summed E-state index contributed by atoms with van der Waals surface area (Å²) in [7, 11) is 0. The van der Waals surface area contributed by atoms with E-state index in [1.807, 2.05) is 0 Å². The van der Waals surface area contributed by atoms with Gasteiger partial charge in [0.15, 0.2) is 5.41 Å². The molecule has 2 amide bonds.